The summed E-state index contributed by atoms with van der Waals surface area (Å²) in [5.74, 6) is 4.90. The fourth-order valence-corrected chi connectivity index (χ4v) is 11.4. The molecule has 0 saturated carbocycles. The normalized spacial score (nSPS) is 14.4. The van der Waals surface area contributed by atoms with E-state index in [0.717, 1.165) is 61.9 Å². The predicted octanol–water partition coefficient (Wildman–Crippen LogP) is 13.8. The van der Waals surface area contributed by atoms with Gasteiger partial charge in [0.15, 0.2) is 17.5 Å². The molecule has 298 valence electrons. The van der Waals surface area contributed by atoms with E-state index in [0.29, 0.717) is 17.5 Å². The molecular weight excluding hydrogens is 783 g/mol. The van der Waals surface area contributed by atoms with Crippen molar-refractivity contribution in [3.8, 4) is 79.4 Å². The summed E-state index contributed by atoms with van der Waals surface area (Å²) >= 11 is 0. The predicted molar refractivity (Wildman–Crippen MR) is 251 cm³/mol. The summed E-state index contributed by atoms with van der Waals surface area (Å²) in [4.78, 5) is 15.6. The van der Waals surface area contributed by atoms with Gasteiger partial charge in [-0.05, 0) is 68.8 Å². The van der Waals surface area contributed by atoms with Crippen LogP contribution in [0.5, 0.6) is 23.0 Å². The molecule has 64 heavy (non-hydrogen) atoms. The van der Waals surface area contributed by atoms with Crippen molar-refractivity contribution in [3.63, 3.8) is 0 Å². The van der Waals surface area contributed by atoms with Crippen LogP contribution in [0.1, 0.15) is 44.5 Å². The molecule has 2 spiro atoms. The van der Waals surface area contributed by atoms with Crippen LogP contribution in [0, 0.1) is 0 Å². The van der Waals surface area contributed by atoms with Crippen LogP contribution in [0.4, 0.5) is 0 Å². The van der Waals surface area contributed by atoms with Gasteiger partial charge in [-0.2, -0.15) is 0 Å². The van der Waals surface area contributed by atoms with Crippen molar-refractivity contribution in [2.75, 3.05) is 0 Å². The second-order valence-electron chi connectivity index (χ2n) is 17.0. The van der Waals surface area contributed by atoms with Gasteiger partial charge in [0, 0.05) is 38.9 Å². The number of fused-ring (bicyclic) bond motifs is 18. The first-order valence-corrected chi connectivity index (χ1v) is 21.8. The largest absolute Gasteiger partial charge is 0.457 e. The van der Waals surface area contributed by atoms with Crippen LogP contribution in [0.25, 0.3) is 56.4 Å². The first-order valence-electron chi connectivity index (χ1n) is 21.8. The van der Waals surface area contributed by atoms with Gasteiger partial charge < -0.3 is 9.47 Å². The number of benzene rings is 9. The van der Waals surface area contributed by atoms with Gasteiger partial charge in [-0.15, -0.1) is 0 Å². The van der Waals surface area contributed by atoms with Gasteiger partial charge in [0.1, 0.15) is 23.0 Å². The van der Waals surface area contributed by atoms with Gasteiger partial charge in [-0.3, -0.25) is 0 Å². The van der Waals surface area contributed by atoms with Crippen LogP contribution in [-0.4, -0.2) is 15.0 Å². The molecule has 9 aromatic carbocycles. The Balaban J connectivity index is 0.957. The third-order valence-corrected chi connectivity index (χ3v) is 13.9. The maximum atomic E-state index is 6.89. The van der Waals surface area contributed by atoms with Crippen molar-refractivity contribution in [2.24, 2.45) is 0 Å². The molecule has 0 radical (unpaired) electrons. The second kappa shape index (κ2) is 13.1. The number of hydrogen-bond donors (Lipinski definition) is 0. The van der Waals surface area contributed by atoms with E-state index >= 15 is 0 Å². The van der Waals surface area contributed by atoms with Crippen LogP contribution in [0.3, 0.4) is 0 Å². The highest BCUT2D eigenvalue weighted by Crippen LogP contribution is 2.64. The lowest BCUT2D eigenvalue weighted by Crippen LogP contribution is -2.32. The molecule has 3 heterocycles. The van der Waals surface area contributed by atoms with Gasteiger partial charge in [0.25, 0.3) is 0 Å². The van der Waals surface area contributed by atoms with Gasteiger partial charge >= 0.3 is 0 Å². The Kier molecular flexibility index (Phi) is 7.18. The summed E-state index contributed by atoms with van der Waals surface area (Å²) in [6.45, 7) is 0. The van der Waals surface area contributed by atoms with Crippen LogP contribution in [0.2, 0.25) is 0 Å². The molecule has 4 aliphatic rings. The Morgan fingerprint density at radius 2 is 0.562 bits per heavy atom. The van der Waals surface area contributed by atoms with Gasteiger partial charge in [-0.1, -0.05) is 188 Å². The van der Waals surface area contributed by atoms with E-state index in [1.807, 2.05) is 42.5 Å². The molecule has 10 aromatic rings. The highest BCUT2D eigenvalue weighted by Gasteiger charge is 2.52. The average Bonchev–Trinajstić information content (AvgIpc) is 3.82. The first-order chi connectivity index (χ1) is 31.7. The summed E-state index contributed by atoms with van der Waals surface area (Å²) in [5.41, 5.74) is 15.8. The second-order valence-corrected chi connectivity index (χ2v) is 17.0. The van der Waals surface area contributed by atoms with E-state index in [9.17, 15) is 0 Å². The lowest BCUT2D eigenvalue weighted by molar-refractivity contribution is 0.436. The van der Waals surface area contributed by atoms with Crippen molar-refractivity contribution >= 4 is 0 Å². The summed E-state index contributed by atoms with van der Waals surface area (Å²) in [7, 11) is 0. The Hall–Kier alpha value is -8.41. The molecule has 2 aliphatic carbocycles. The molecule has 0 unspecified atom stereocenters. The SMILES string of the molecule is c1ccc(-c2nc(-c3ccc4c(c3)Oc3ccccc3C43c4ccccc4-c4ccccc43)nc(-c3ccc4c(c3)Oc3ccccc3C43c4ccccc4-c4ccccc43)n2)cc1. The van der Waals surface area contributed by atoms with E-state index in [4.69, 9.17) is 24.4 Å². The quantitative estimate of drug-likeness (QED) is 0.178. The maximum Gasteiger partial charge on any atom is 0.164 e. The topological polar surface area (TPSA) is 57.1 Å². The van der Waals surface area contributed by atoms with E-state index in [2.05, 4.69) is 170 Å². The number of rotatable bonds is 3. The average molecular weight is 818 g/mol. The smallest absolute Gasteiger partial charge is 0.164 e. The zero-order valence-electron chi connectivity index (χ0n) is 34.4. The third kappa shape index (κ3) is 4.60. The number of aromatic nitrogens is 3. The van der Waals surface area contributed by atoms with Gasteiger partial charge in [-0.25, -0.2) is 15.0 Å². The van der Waals surface area contributed by atoms with E-state index < -0.39 is 10.8 Å². The molecular formula is C59H35N3O2. The molecule has 5 heteroatoms. The van der Waals surface area contributed by atoms with Crippen molar-refractivity contribution < 1.29 is 9.47 Å². The van der Waals surface area contributed by atoms with Crippen LogP contribution >= 0.6 is 0 Å². The van der Waals surface area contributed by atoms with Gasteiger partial charge in [0.2, 0.25) is 0 Å². The Morgan fingerprint density at radius 1 is 0.250 bits per heavy atom. The van der Waals surface area contributed by atoms with Crippen molar-refractivity contribution in [2.45, 2.75) is 10.8 Å². The van der Waals surface area contributed by atoms with Crippen LogP contribution in [0.15, 0.2) is 212 Å². The standard InChI is InChI=1S/C59H35N3O2/c1-2-16-36(17-3-1)55-60-56(37-30-32-49-53(34-37)63-51-28-14-12-26-47(51)58(49)43-22-8-4-18-39(43)40-19-5-9-23-44(40)58)62-57(61-55)38-31-33-50-54(35-38)64-52-29-15-13-27-48(52)59(50)45-24-10-6-20-41(45)42-21-7-11-25-46(42)59/h1-35H. The molecule has 0 fully saturated rings. The summed E-state index contributed by atoms with van der Waals surface area (Å²) in [6, 6.07) is 75.1. The third-order valence-electron chi connectivity index (χ3n) is 13.9. The van der Waals surface area contributed by atoms with Crippen molar-refractivity contribution in [1.82, 2.24) is 15.0 Å². The molecule has 0 saturated heterocycles. The molecule has 5 nitrogen and oxygen atoms in total. The summed E-state index contributed by atoms with van der Waals surface area (Å²) in [6.07, 6.45) is 0. The van der Waals surface area contributed by atoms with Gasteiger partial charge in [0.05, 0.1) is 10.8 Å². The zero-order chi connectivity index (χ0) is 42.0. The number of para-hydroxylation sites is 2. The minimum atomic E-state index is -0.561. The monoisotopic (exact) mass is 817 g/mol. The molecule has 0 bridgehead atoms. The summed E-state index contributed by atoms with van der Waals surface area (Å²) < 4.78 is 13.8. The molecule has 0 amide bonds. The Labute approximate surface area is 370 Å². The zero-order valence-corrected chi connectivity index (χ0v) is 34.4. The molecule has 0 N–H and O–H groups in total. The Bertz CT molecular complexity index is 3290. The van der Waals surface area contributed by atoms with E-state index in [-0.39, 0.29) is 0 Å². The molecule has 1 aromatic heterocycles. The fourth-order valence-electron chi connectivity index (χ4n) is 11.4. The van der Waals surface area contributed by atoms with Crippen LogP contribution < -0.4 is 9.47 Å². The number of hydrogen-bond acceptors (Lipinski definition) is 5. The number of nitrogens with zero attached hydrogens (tertiary/aromatic N) is 3. The van der Waals surface area contributed by atoms with E-state index in [1.165, 1.54) is 44.5 Å². The molecule has 14 rings (SSSR count). The van der Waals surface area contributed by atoms with Crippen molar-refractivity contribution in [3.05, 3.63) is 257 Å². The minimum Gasteiger partial charge on any atom is -0.457 e. The molecule has 2 aliphatic heterocycles. The first kappa shape index (κ1) is 35.2. The highest BCUT2D eigenvalue weighted by molar-refractivity contribution is 5.90. The summed E-state index contributed by atoms with van der Waals surface area (Å²) in [5, 5.41) is 0. The lowest BCUT2D eigenvalue weighted by Gasteiger charge is -2.39. The van der Waals surface area contributed by atoms with Crippen LogP contribution in [-0.2, 0) is 10.8 Å². The molecule has 0 atom stereocenters. The number of ether oxygens (including phenoxy) is 2. The Morgan fingerprint density at radius 3 is 0.969 bits per heavy atom. The maximum absolute atomic E-state index is 6.89. The lowest BCUT2D eigenvalue weighted by atomic mass is 9.66. The van der Waals surface area contributed by atoms with E-state index in [1.54, 1.807) is 0 Å². The minimum absolute atomic E-state index is 0.550. The van der Waals surface area contributed by atoms with Crippen molar-refractivity contribution in [1.29, 1.82) is 0 Å². The fraction of sp³-hybridized carbons (Fsp3) is 0.0339. The highest BCUT2D eigenvalue weighted by atomic mass is 16.5.